The molecule has 0 bridgehead atoms. The highest BCUT2D eigenvalue weighted by Crippen LogP contribution is 2.42. The van der Waals surface area contributed by atoms with Crippen LogP contribution >= 0.6 is 66.3 Å². The number of benzene rings is 1. The van der Waals surface area contributed by atoms with Crippen LogP contribution < -0.4 is 0 Å². The van der Waals surface area contributed by atoms with Crippen LogP contribution in [-0.2, 0) is 0 Å². The SMILES string of the molecule is Cc1cc(-c2ccc(-c3cc(C)c(Br)s3)c3nsnc23)sc1Br. The molecule has 0 saturated carbocycles. The zero-order valence-corrected chi connectivity index (χ0v) is 17.8. The van der Waals surface area contributed by atoms with Crippen LogP contribution in [0.3, 0.4) is 0 Å². The quantitative estimate of drug-likeness (QED) is 0.298. The molecule has 0 amide bonds. The molecule has 0 aliphatic heterocycles. The third-order valence-corrected chi connectivity index (χ3v) is 8.53. The lowest BCUT2D eigenvalue weighted by molar-refractivity contribution is 1.52. The minimum atomic E-state index is 0.989. The Balaban J connectivity index is 1.94. The molecule has 1 aromatic carbocycles. The van der Waals surface area contributed by atoms with Crippen LogP contribution in [0.5, 0.6) is 0 Å². The first kappa shape index (κ1) is 15.9. The fourth-order valence-electron chi connectivity index (χ4n) is 2.45. The first-order chi connectivity index (χ1) is 11.0. The normalized spacial score (nSPS) is 11.5. The Labute approximate surface area is 162 Å². The lowest BCUT2D eigenvalue weighted by atomic mass is 10.1. The van der Waals surface area contributed by atoms with Crippen molar-refractivity contribution < 1.29 is 0 Å². The summed E-state index contributed by atoms with van der Waals surface area (Å²) in [6.45, 7) is 4.22. The number of nitrogens with zero attached hydrogens (tertiary/aromatic N) is 2. The van der Waals surface area contributed by atoms with Crippen LogP contribution in [0.4, 0.5) is 0 Å². The van der Waals surface area contributed by atoms with Gasteiger partial charge >= 0.3 is 0 Å². The van der Waals surface area contributed by atoms with E-state index in [-0.39, 0.29) is 0 Å². The maximum Gasteiger partial charge on any atom is 0.114 e. The van der Waals surface area contributed by atoms with Gasteiger partial charge in [0.1, 0.15) is 11.0 Å². The summed E-state index contributed by atoms with van der Waals surface area (Å²) in [4.78, 5) is 2.45. The van der Waals surface area contributed by atoms with Crippen molar-refractivity contribution in [3.05, 3.63) is 43.0 Å². The van der Waals surface area contributed by atoms with Gasteiger partial charge in [0.15, 0.2) is 0 Å². The van der Waals surface area contributed by atoms with Crippen molar-refractivity contribution in [2.45, 2.75) is 13.8 Å². The minimum Gasteiger partial charge on any atom is -0.172 e. The third kappa shape index (κ3) is 2.72. The van der Waals surface area contributed by atoms with Crippen LogP contribution in [-0.4, -0.2) is 8.75 Å². The Kier molecular flexibility index (Phi) is 4.18. The molecule has 4 aromatic rings. The highest BCUT2D eigenvalue weighted by Gasteiger charge is 2.17. The maximum atomic E-state index is 4.56. The van der Waals surface area contributed by atoms with E-state index in [1.165, 1.54) is 40.2 Å². The smallest absolute Gasteiger partial charge is 0.114 e. The average Bonchev–Trinajstić information content (AvgIpc) is 3.20. The molecule has 0 spiro atoms. The number of halogens is 2. The van der Waals surface area contributed by atoms with E-state index in [4.69, 9.17) is 0 Å². The molecule has 23 heavy (non-hydrogen) atoms. The molecular weight excluding hydrogens is 476 g/mol. The Bertz CT molecular complexity index is 910. The molecule has 0 N–H and O–H groups in total. The van der Waals surface area contributed by atoms with Gasteiger partial charge in [-0.05, 0) is 69.0 Å². The molecule has 0 aliphatic rings. The Morgan fingerprint density at radius 1 is 0.783 bits per heavy atom. The first-order valence-electron chi connectivity index (χ1n) is 6.82. The van der Waals surface area contributed by atoms with Gasteiger partial charge in [-0.1, -0.05) is 12.1 Å². The topological polar surface area (TPSA) is 25.8 Å². The monoisotopic (exact) mass is 484 g/mol. The maximum absolute atomic E-state index is 4.56. The molecule has 116 valence electrons. The zero-order valence-electron chi connectivity index (χ0n) is 12.2. The fourth-order valence-corrected chi connectivity index (χ4v) is 6.15. The number of fused-ring (bicyclic) bond motifs is 1. The molecule has 0 unspecified atom stereocenters. The number of thiophene rings is 2. The number of hydrogen-bond donors (Lipinski definition) is 0. The average molecular weight is 486 g/mol. The van der Waals surface area contributed by atoms with E-state index in [0.29, 0.717) is 0 Å². The van der Waals surface area contributed by atoms with E-state index >= 15 is 0 Å². The molecule has 2 nitrogen and oxygen atoms in total. The van der Waals surface area contributed by atoms with Gasteiger partial charge < -0.3 is 0 Å². The molecule has 7 heteroatoms. The van der Waals surface area contributed by atoms with Crippen molar-refractivity contribution in [1.29, 1.82) is 0 Å². The van der Waals surface area contributed by atoms with Gasteiger partial charge in [-0.3, -0.25) is 0 Å². The number of hydrogen-bond acceptors (Lipinski definition) is 5. The number of aromatic nitrogens is 2. The molecule has 0 radical (unpaired) electrons. The van der Waals surface area contributed by atoms with E-state index in [9.17, 15) is 0 Å². The minimum absolute atomic E-state index is 0.989. The summed E-state index contributed by atoms with van der Waals surface area (Å²) >= 11 is 12.0. The largest absolute Gasteiger partial charge is 0.172 e. The molecular formula is C16H10Br2N2S3. The summed E-state index contributed by atoms with van der Waals surface area (Å²) in [5.41, 5.74) is 6.80. The molecule has 0 aliphatic carbocycles. The molecule has 0 atom stereocenters. The fraction of sp³-hybridized carbons (Fsp3) is 0.125. The molecule has 4 rings (SSSR count). The van der Waals surface area contributed by atoms with Crippen LogP contribution in [0, 0.1) is 13.8 Å². The van der Waals surface area contributed by atoms with Crippen molar-refractivity contribution >= 4 is 77.3 Å². The van der Waals surface area contributed by atoms with Crippen molar-refractivity contribution in [3.63, 3.8) is 0 Å². The number of rotatable bonds is 2. The van der Waals surface area contributed by atoms with Crippen molar-refractivity contribution in [3.8, 4) is 20.9 Å². The summed E-state index contributed by atoms with van der Waals surface area (Å²) in [5.74, 6) is 0. The van der Waals surface area contributed by atoms with Crippen LogP contribution in [0.15, 0.2) is 31.8 Å². The zero-order chi connectivity index (χ0) is 16.1. The van der Waals surface area contributed by atoms with Gasteiger partial charge in [0, 0.05) is 20.9 Å². The van der Waals surface area contributed by atoms with E-state index in [1.807, 2.05) is 0 Å². The highest BCUT2D eigenvalue weighted by molar-refractivity contribution is 9.11. The second-order valence-corrected chi connectivity index (χ2v) is 10.5. The molecule has 3 aromatic heterocycles. The van der Waals surface area contributed by atoms with Gasteiger partial charge in [-0.2, -0.15) is 8.75 Å². The summed E-state index contributed by atoms with van der Waals surface area (Å²) in [5, 5.41) is 0. The second-order valence-electron chi connectivity index (χ2n) is 5.26. The standard InChI is InChI=1S/C16H10Br2N2S3/c1-7-5-11(21-15(7)17)9-3-4-10(14-13(9)19-23-20-14)12-6-8(2)16(18)22-12/h3-6H,1-2H3. The van der Waals surface area contributed by atoms with E-state index in [2.05, 4.69) is 78.7 Å². The van der Waals surface area contributed by atoms with Gasteiger partial charge in [0.25, 0.3) is 0 Å². The second kappa shape index (κ2) is 6.04. The summed E-state index contributed by atoms with van der Waals surface area (Å²) in [6.07, 6.45) is 0. The lowest BCUT2D eigenvalue weighted by Gasteiger charge is -2.03. The summed E-state index contributed by atoms with van der Waals surface area (Å²) < 4.78 is 11.5. The molecule has 3 heterocycles. The third-order valence-electron chi connectivity index (χ3n) is 3.66. The summed E-state index contributed by atoms with van der Waals surface area (Å²) in [7, 11) is 0. The van der Waals surface area contributed by atoms with Gasteiger partial charge in [0.05, 0.1) is 19.3 Å². The Morgan fingerprint density at radius 2 is 1.22 bits per heavy atom. The Hall–Kier alpha value is -0.600. The predicted octanol–water partition coefficient (Wildman–Crippen LogP) is 7.29. The van der Waals surface area contributed by atoms with Gasteiger partial charge in [0.2, 0.25) is 0 Å². The van der Waals surface area contributed by atoms with E-state index in [1.54, 1.807) is 22.7 Å². The van der Waals surface area contributed by atoms with Crippen molar-refractivity contribution in [2.75, 3.05) is 0 Å². The van der Waals surface area contributed by atoms with Gasteiger partial charge in [-0.25, -0.2) is 0 Å². The Morgan fingerprint density at radius 3 is 1.57 bits per heavy atom. The lowest BCUT2D eigenvalue weighted by Crippen LogP contribution is -1.82. The molecule has 0 fully saturated rings. The first-order valence-corrected chi connectivity index (χ1v) is 10.8. The van der Waals surface area contributed by atoms with Crippen LogP contribution in [0.25, 0.3) is 31.9 Å². The number of aryl methyl sites for hydroxylation is 2. The van der Waals surface area contributed by atoms with Crippen LogP contribution in [0.2, 0.25) is 0 Å². The summed E-state index contributed by atoms with van der Waals surface area (Å²) in [6, 6.07) is 8.74. The van der Waals surface area contributed by atoms with Gasteiger partial charge in [-0.15, -0.1) is 22.7 Å². The van der Waals surface area contributed by atoms with Crippen LogP contribution in [0.1, 0.15) is 11.1 Å². The van der Waals surface area contributed by atoms with E-state index < -0.39 is 0 Å². The van der Waals surface area contributed by atoms with E-state index in [0.717, 1.165) is 22.2 Å². The van der Waals surface area contributed by atoms with Crippen molar-refractivity contribution in [2.24, 2.45) is 0 Å². The highest BCUT2D eigenvalue weighted by atomic mass is 79.9. The van der Waals surface area contributed by atoms with Crippen molar-refractivity contribution in [1.82, 2.24) is 8.75 Å². The molecule has 0 saturated heterocycles. The predicted molar refractivity (Wildman–Crippen MR) is 109 cm³/mol.